The van der Waals surface area contributed by atoms with Crippen molar-refractivity contribution >= 4 is 36.8 Å². The average Bonchev–Trinajstić information content (AvgIpc) is 3.13. The van der Waals surface area contributed by atoms with Gasteiger partial charge in [0.25, 0.3) is 0 Å². The standard InChI is InChI=1S/C17H21F3N5O5PS/c1-28-11-2-4-12(5-3-11)32-15-13-14(23-16(21)24-15)25(9-22-13)6-7-29-10-31(26,27)30-8-17(18,19)20/h2-5,22H,6-10H2,1H3,(H,26,27)(H2,21,23,24). The van der Waals surface area contributed by atoms with Crippen molar-refractivity contribution in [3.05, 3.63) is 24.3 Å². The number of nitrogens with zero attached hydrogens (tertiary/aromatic N) is 3. The normalized spacial score (nSPS) is 15.2. The Kier molecular flexibility index (Phi) is 7.72. The number of hydrogen-bond donors (Lipinski definition) is 3. The zero-order valence-corrected chi connectivity index (χ0v) is 18.5. The van der Waals surface area contributed by atoms with Crippen molar-refractivity contribution in [1.82, 2.24) is 9.97 Å². The number of rotatable bonds is 10. The summed E-state index contributed by atoms with van der Waals surface area (Å²) in [5.74, 6) is 1.31. The van der Waals surface area contributed by atoms with Gasteiger partial charge < -0.3 is 30.3 Å². The van der Waals surface area contributed by atoms with Gasteiger partial charge in [-0.05, 0) is 24.3 Å². The Morgan fingerprint density at radius 3 is 2.69 bits per heavy atom. The van der Waals surface area contributed by atoms with Gasteiger partial charge in [-0.1, -0.05) is 11.8 Å². The van der Waals surface area contributed by atoms with Crippen molar-refractivity contribution in [2.45, 2.75) is 16.1 Å². The van der Waals surface area contributed by atoms with Gasteiger partial charge in [-0.25, -0.2) is 4.98 Å². The summed E-state index contributed by atoms with van der Waals surface area (Å²) in [5, 5.41) is 3.79. The molecule has 32 heavy (non-hydrogen) atoms. The molecule has 0 radical (unpaired) electrons. The second-order valence-electron chi connectivity index (χ2n) is 6.52. The Labute approximate surface area is 185 Å². The van der Waals surface area contributed by atoms with Gasteiger partial charge in [0.1, 0.15) is 22.8 Å². The Bertz CT molecular complexity index is 982. The van der Waals surface area contributed by atoms with Gasteiger partial charge in [0, 0.05) is 11.4 Å². The predicted octanol–water partition coefficient (Wildman–Crippen LogP) is 3.15. The van der Waals surface area contributed by atoms with Crippen LogP contribution in [0.3, 0.4) is 0 Å². The quantitative estimate of drug-likeness (QED) is 0.255. The lowest BCUT2D eigenvalue weighted by atomic mass is 10.3. The third kappa shape index (κ3) is 6.87. The van der Waals surface area contributed by atoms with E-state index in [-0.39, 0.29) is 19.1 Å². The lowest BCUT2D eigenvalue weighted by Crippen LogP contribution is -2.28. The molecule has 1 aromatic carbocycles. The number of nitrogens with one attached hydrogen (secondary N) is 1. The first kappa shape index (κ1) is 24.4. The average molecular weight is 495 g/mol. The van der Waals surface area contributed by atoms with Crippen LogP contribution in [0.5, 0.6) is 5.75 Å². The summed E-state index contributed by atoms with van der Waals surface area (Å²) in [7, 11) is -2.93. The van der Waals surface area contributed by atoms with Crippen LogP contribution in [-0.2, 0) is 13.8 Å². The van der Waals surface area contributed by atoms with E-state index < -0.39 is 26.7 Å². The number of methoxy groups -OCH3 is 1. The van der Waals surface area contributed by atoms with E-state index in [1.54, 1.807) is 12.0 Å². The lowest BCUT2D eigenvalue weighted by molar-refractivity contribution is -0.155. The van der Waals surface area contributed by atoms with Crippen molar-refractivity contribution in [2.75, 3.05) is 55.8 Å². The number of anilines is 3. The minimum Gasteiger partial charge on any atom is -0.497 e. The molecule has 0 spiro atoms. The van der Waals surface area contributed by atoms with Crippen LogP contribution in [0.2, 0.25) is 0 Å². The van der Waals surface area contributed by atoms with Gasteiger partial charge >= 0.3 is 13.8 Å². The van der Waals surface area contributed by atoms with Gasteiger partial charge in [-0.2, -0.15) is 18.2 Å². The third-order valence-corrected chi connectivity index (χ3v) is 6.12. The fraction of sp³-hybridized carbons (Fsp3) is 0.412. The Hall–Kier alpha value is -2.25. The van der Waals surface area contributed by atoms with E-state index >= 15 is 0 Å². The number of hydrogen-bond acceptors (Lipinski definition) is 10. The minimum atomic E-state index is -4.70. The molecule has 0 amide bonds. The van der Waals surface area contributed by atoms with Crippen molar-refractivity contribution in [3.8, 4) is 5.75 Å². The number of halogens is 3. The molecular weight excluding hydrogens is 474 g/mol. The molecule has 0 bridgehead atoms. The molecule has 1 atom stereocenters. The SMILES string of the molecule is COc1ccc(Sc2nc(N)nc3c2NCN3CCOCP(=O)(O)OCC(F)(F)F)cc1. The van der Waals surface area contributed by atoms with Crippen LogP contribution in [0, 0.1) is 0 Å². The van der Waals surface area contributed by atoms with Gasteiger partial charge in [0.2, 0.25) is 5.95 Å². The van der Waals surface area contributed by atoms with E-state index in [1.165, 1.54) is 11.8 Å². The van der Waals surface area contributed by atoms with E-state index in [2.05, 4.69) is 19.8 Å². The Balaban J connectivity index is 1.58. The fourth-order valence-electron chi connectivity index (χ4n) is 2.66. The number of benzene rings is 1. The Morgan fingerprint density at radius 2 is 2.03 bits per heavy atom. The van der Waals surface area contributed by atoms with Crippen LogP contribution >= 0.6 is 19.4 Å². The highest BCUT2D eigenvalue weighted by Crippen LogP contribution is 2.43. The zero-order chi connectivity index (χ0) is 23.4. The molecule has 2 heterocycles. The molecule has 1 aliphatic rings. The molecule has 4 N–H and O–H groups in total. The van der Waals surface area contributed by atoms with Crippen LogP contribution in [0.1, 0.15) is 0 Å². The third-order valence-electron chi connectivity index (χ3n) is 4.08. The number of nitrogen functional groups attached to an aromatic ring is 1. The van der Waals surface area contributed by atoms with Crippen molar-refractivity contribution in [1.29, 1.82) is 0 Å². The summed E-state index contributed by atoms with van der Waals surface area (Å²) in [5.41, 5.74) is 6.52. The highest BCUT2D eigenvalue weighted by atomic mass is 32.2. The second kappa shape index (κ2) is 10.1. The van der Waals surface area contributed by atoms with Crippen LogP contribution in [-0.4, -0.2) is 60.9 Å². The number of fused-ring (bicyclic) bond motifs is 1. The van der Waals surface area contributed by atoms with Crippen molar-refractivity contribution in [2.24, 2.45) is 0 Å². The molecule has 0 saturated heterocycles. The van der Waals surface area contributed by atoms with Crippen LogP contribution in [0.15, 0.2) is 34.2 Å². The molecule has 15 heteroatoms. The van der Waals surface area contributed by atoms with E-state index in [0.717, 1.165) is 10.6 Å². The van der Waals surface area contributed by atoms with Gasteiger partial charge in [0.05, 0.1) is 20.4 Å². The maximum absolute atomic E-state index is 12.1. The minimum absolute atomic E-state index is 0.0497. The summed E-state index contributed by atoms with van der Waals surface area (Å²) in [4.78, 5) is 20.6. The molecule has 0 saturated carbocycles. The molecule has 1 unspecified atom stereocenters. The number of alkyl halides is 3. The van der Waals surface area contributed by atoms with Crippen LogP contribution in [0.4, 0.5) is 30.6 Å². The molecule has 10 nitrogen and oxygen atoms in total. The highest BCUT2D eigenvalue weighted by Gasteiger charge is 2.33. The molecule has 2 aromatic rings. The van der Waals surface area contributed by atoms with Gasteiger partial charge in [-0.15, -0.1) is 0 Å². The maximum Gasteiger partial charge on any atom is 0.412 e. The van der Waals surface area contributed by atoms with Crippen LogP contribution < -0.4 is 20.7 Å². The van der Waals surface area contributed by atoms with Crippen molar-refractivity contribution in [3.63, 3.8) is 0 Å². The molecule has 3 rings (SSSR count). The first-order valence-corrected chi connectivity index (χ1v) is 11.7. The number of aromatic nitrogens is 2. The molecular formula is C17H21F3N5O5PS. The fourth-order valence-corrected chi connectivity index (χ4v) is 4.34. The maximum atomic E-state index is 12.1. The lowest BCUT2D eigenvalue weighted by Gasteiger charge is -2.18. The monoisotopic (exact) mass is 495 g/mol. The summed E-state index contributed by atoms with van der Waals surface area (Å²) < 4.78 is 62.1. The zero-order valence-electron chi connectivity index (χ0n) is 16.8. The first-order chi connectivity index (χ1) is 15.1. The molecule has 1 aromatic heterocycles. The van der Waals surface area contributed by atoms with Crippen LogP contribution in [0.25, 0.3) is 0 Å². The second-order valence-corrected chi connectivity index (χ2v) is 9.38. The van der Waals surface area contributed by atoms with Gasteiger partial charge in [-0.3, -0.25) is 9.09 Å². The largest absolute Gasteiger partial charge is 0.497 e. The Morgan fingerprint density at radius 1 is 1.31 bits per heavy atom. The van der Waals surface area contributed by atoms with E-state index in [4.69, 9.17) is 15.2 Å². The van der Waals surface area contributed by atoms with E-state index in [1.807, 2.05) is 24.3 Å². The number of ether oxygens (including phenoxy) is 2. The van der Waals surface area contributed by atoms with Crippen molar-refractivity contribution < 1.29 is 36.6 Å². The number of nitrogens with two attached hydrogens (primary N) is 1. The highest BCUT2D eigenvalue weighted by molar-refractivity contribution is 7.99. The van der Waals surface area contributed by atoms with E-state index in [0.29, 0.717) is 23.2 Å². The molecule has 0 fully saturated rings. The summed E-state index contributed by atoms with van der Waals surface area (Å²) >= 11 is 1.38. The molecule has 176 valence electrons. The summed E-state index contributed by atoms with van der Waals surface area (Å²) in [6.45, 7) is -1.28. The predicted molar refractivity (Wildman–Crippen MR) is 112 cm³/mol. The first-order valence-electron chi connectivity index (χ1n) is 9.15. The summed E-state index contributed by atoms with van der Waals surface area (Å²) in [6.07, 6.45) is -5.56. The summed E-state index contributed by atoms with van der Waals surface area (Å²) in [6, 6.07) is 7.40. The smallest absolute Gasteiger partial charge is 0.412 e. The topological polar surface area (TPSA) is 132 Å². The van der Waals surface area contributed by atoms with E-state index in [9.17, 15) is 22.6 Å². The van der Waals surface area contributed by atoms with Gasteiger partial charge in [0.15, 0.2) is 12.4 Å². The molecule has 0 aliphatic carbocycles. The molecule has 1 aliphatic heterocycles.